The molecule has 42 valence electrons. The fourth-order valence-corrected chi connectivity index (χ4v) is 0.316. The predicted octanol–water partition coefficient (Wildman–Crippen LogP) is 0.458. The lowest BCUT2D eigenvalue weighted by atomic mass is 10.2. The van der Waals surface area contributed by atoms with Gasteiger partial charge in [-0.05, 0) is 13.8 Å². The van der Waals surface area contributed by atoms with Crippen LogP contribution in [-0.2, 0) is 0 Å². The minimum absolute atomic E-state index is 0.741. The molecule has 0 spiro atoms. The number of nitrogens with zero attached hydrogens (tertiary/aromatic N) is 1. The lowest BCUT2D eigenvalue weighted by Gasteiger charge is -2.07. The Morgan fingerprint density at radius 1 is 1.57 bits per heavy atom. The molecule has 0 unspecified atom stereocenters. The number of aliphatic imine (C=N–C) groups is 1. The van der Waals surface area contributed by atoms with Gasteiger partial charge in [0.1, 0.15) is 0 Å². The van der Waals surface area contributed by atoms with Gasteiger partial charge in [-0.1, -0.05) is 0 Å². The summed E-state index contributed by atoms with van der Waals surface area (Å²) >= 11 is 0. The van der Waals surface area contributed by atoms with E-state index in [4.69, 9.17) is 5.11 Å². The summed E-state index contributed by atoms with van der Waals surface area (Å²) < 4.78 is 0. The van der Waals surface area contributed by atoms with Gasteiger partial charge in [-0.2, -0.15) is 0 Å². The van der Waals surface area contributed by atoms with E-state index < -0.39 is 5.60 Å². The molecule has 0 saturated heterocycles. The normalized spacial score (nSPS) is 13.1. The van der Waals surface area contributed by atoms with E-state index in [2.05, 4.69) is 4.99 Å². The fraction of sp³-hybridized carbons (Fsp3) is 0.800. The molecule has 0 aliphatic rings. The maximum Gasteiger partial charge on any atom is 0.0936 e. The van der Waals surface area contributed by atoms with Gasteiger partial charge in [0.2, 0.25) is 0 Å². The van der Waals surface area contributed by atoms with Crippen molar-refractivity contribution in [2.45, 2.75) is 19.4 Å². The van der Waals surface area contributed by atoms with Crippen LogP contribution in [-0.4, -0.2) is 24.0 Å². The molecule has 0 rings (SSSR count). The molecule has 0 aliphatic carbocycles. The Bertz CT molecular complexity index is 70.6. The lowest BCUT2D eigenvalue weighted by Crippen LogP contribution is -2.19. The van der Waals surface area contributed by atoms with Crippen molar-refractivity contribution in [3.63, 3.8) is 0 Å². The van der Waals surface area contributed by atoms with Crippen LogP contribution in [0.4, 0.5) is 0 Å². The van der Waals surface area contributed by atoms with Gasteiger partial charge in [0.15, 0.2) is 0 Å². The number of aliphatic hydroxyl groups is 1. The second-order valence-electron chi connectivity index (χ2n) is 2.04. The topological polar surface area (TPSA) is 32.6 Å². The average molecular weight is 101 g/mol. The van der Waals surface area contributed by atoms with Gasteiger partial charge in [0, 0.05) is 13.3 Å². The van der Waals surface area contributed by atoms with Gasteiger partial charge >= 0.3 is 0 Å². The van der Waals surface area contributed by atoms with Crippen molar-refractivity contribution in [3.05, 3.63) is 0 Å². The van der Waals surface area contributed by atoms with Crippen LogP contribution in [0.5, 0.6) is 0 Å². The van der Waals surface area contributed by atoms with Crippen molar-refractivity contribution in [2.24, 2.45) is 4.99 Å². The van der Waals surface area contributed by atoms with Crippen molar-refractivity contribution < 1.29 is 5.11 Å². The summed E-state index contributed by atoms with van der Waals surface area (Å²) in [5, 5.41) is 8.87. The molecule has 0 heterocycles. The zero-order chi connectivity index (χ0) is 5.91. The highest BCUT2D eigenvalue weighted by Gasteiger charge is 2.05. The molecule has 1 N–H and O–H groups in total. The van der Waals surface area contributed by atoms with Crippen LogP contribution in [0.3, 0.4) is 0 Å². The van der Waals surface area contributed by atoms with Crippen molar-refractivity contribution >= 4 is 6.21 Å². The van der Waals surface area contributed by atoms with Crippen LogP contribution in [0.2, 0.25) is 0 Å². The first-order chi connectivity index (χ1) is 3.06. The standard InChI is InChI=1S/C5H11NO/c1-5(2,7)4-6-3/h4,7H,1-3H3. The zero-order valence-corrected chi connectivity index (χ0v) is 4.97. The van der Waals surface area contributed by atoms with E-state index in [1.807, 2.05) is 0 Å². The minimum Gasteiger partial charge on any atom is -0.385 e. The first-order valence-corrected chi connectivity index (χ1v) is 2.22. The first-order valence-electron chi connectivity index (χ1n) is 2.22. The highest BCUT2D eigenvalue weighted by atomic mass is 16.3. The molecule has 0 atom stereocenters. The van der Waals surface area contributed by atoms with Crippen LogP contribution in [0, 0.1) is 0 Å². The van der Waals surface area contributed by atoms with Crippen molar-refractivity contribution in [3.8, 4) is 0 Å². The maximum absolute atomic E-state index is 8.87. The van der Waals surface area contributed by atoms with Crippen molar-refractivity contribution in [1.29, 1.82) is 0 Å². The van der Waals surface area contributed by atoms with E-state index in [-0.39, 0.29) is 0 Å². The fourth-order valence-electron chi connectivity index (χ4n) is 0.316. The van der Waals surface area contributed by atoms with Gasteiger partial charge in [-0.3, -0.25) is 4.99 Å². The van der Waals surface area contributed by atoms with Gasteiger partial charge in [-0.25, -0.2) is 0 Å². The molecule has 0 saturated carbocycles. The second kappa shape index (κ2) is 2.07. The highest BCUT2D eigenvalue weighted by Crippen LogP contribution is 1.93. The molecule has 2 nitrogen and oxygen atoms in total. The number of rotatable bonds is 1. The van der Waals surface area contributed by atoms with E-state index in [0.717, 1.165) is 0 Å². The van der Waals surface area contributed by atoms with Crippen molar-refractivity contribution in [2.75, 3.05) is 7.05 Å². The van der Waals surface area contributed by atoms with Crippen LogP contribution >= 0.6 is 0 Å². The van der Waals surface area contributed by atoms with Crippen LogP contribution < -0.4 is 0 Å². The Hall–Kier alpha value is -0.370. The molecule has 0 amide bonds. The molecule has 2 heteroatoms. The molecule has 0 aromatic heterocycles. The monoisotopic (exact) mass is 101 g/mol. The molecule has 0 aromatic carbocycles. The highest BCUT2D eigenvalue weighted by molar-refractivity contribution is 5.66. The van der Waals surface area contributed by atoms with E-state index in [1.165, 1.54) is 6.21 Å². The summed E-state index contributed by atoms with van der Waals surface area (Å²) in [6, 6.07) is 0. The van der Waals surface area contributed by atoms with Gasteiger partial charge in [0.05, 0.1) is 5.60 Å². The Balaban J connectivity index is 3.56. The minimum atomic E-state index is -0.741. The summed E-state index contributed by atoms with van der Waals surface area (Å²) in [7, 11) is 1.64. The zero-order valence-electron chi connectivity index (χ0n) is 4.97. The molecular weight excluding hydrogens is 90.1 g/mol. The largest absolute Gasteiger partial charge is 0.385 e. The third-order valence-electron chi connectivity index (χ3n) is 0.445. The quantitative estimate of drug-likeness (QED) is 0.478. The molecule has 0 radical (unpaired) electrons. The summed E-state index contributed by atoms with van der Waals surface area (Å²) in [5.41, 5.74) is -0.741. The van der Waals surface area contributed by atoms with Gasteiger partial charge < -0.3 is 5.11 Å². The summed E-state index contributed by atoms with van der Waals surface area (Å²) in [6.45, 7) is 3.36. The molecule has 0 aliphatic heterocycles. The number of hydrogen-bond acceptors (Lipinski definition) is 2. The van der Waals surface area contributed by atoms with E-state index in [1.54, 1.807) is 20.9 Å². The average Bonchev–Trinajstić information content (AvgIpc) is 1.30. The molecule has 0 fully saturated rings. The van der Waals surface area contributed by atoms with E-state index in [0.29, 0.717) is 0 Å². The summed E-state index contributed by atoms with van der Waals surface area (Å²) in [4.78, 5) is 3.63. The Labute approximate surface area is 43.9 Å². The van der Waals surface area contributed by atoms with Crippen LogP contribution in [0.25, 0.3) is 0 Å². The first kappa shape index (κ1) is 6.63. The Kier molecular flexibility index (Phi) is 1.96. The van der Waals surface area contributed by atoms with Gasteiger partial charge in [-0.15, -0.1) is 0 Å². The van der Waals surface area contributed by atoms with E-state index in [9.17, 15) is 0 Å². The molecule has 7 heavy (non-hydrogen) atoms. The smallest absolute Gasteiger partial charge is 0.0936 e. The summed E-state index contributed by atoms with van der Waals surface area (Å²) in [6.07, 6.45) is 1.49. The molecule has 0 bridgehead atoms. The van der Waals surface area contributed by atoms with Gasteiger partial charge in [0.25, 0.3) is 0 Å². The third-order valence-corrected chi connectivity index (χ3v) is 0.445. The maximum atomic E-state index is 8.87. The third kappa shape index (κ3) is 5.63. The van der Waals surface area contributed by atoms with Crippen LogP contribution in [0.1, 0.15) is 13.8 Å². The molecule has 0 aromatic rings. The summed E-state index contributed by atoms with van der Waals surface area (Å²) in [5.74, 6) is 0. The SMILES string of the molecule is CN=CC(C)(C)O. The number of hydrogen-bond donors (Lipinski definition) is 1. The van der Waals surface area contributed by atoms with Crippen molar-refractivity contribution in [1.82, 2.24) is 0 Å². The lowest BCUT2D eigenvalue weighted by molar-refractivity contribution is 0.159. The second-order valence-corrected chi connectivity index (χ2v) is 2.04. The van der Waals surface area contributed by atoms with Crippen LogP contribution in [0.15, 0.2) is 4.99 Å². The predicted molar refractivity (Wildman–Crippen MR) is 30.7 cm³/mol. The molecular formula is C5H11NO. The Morgan fingerprint density at radius 2 is 2.00 bits per heavy atom. The van der Waals surface area contributed by atoms with E-state index >= 15 is 0 Å². The Morgan fingerprint density at radius 3 is 2.00 bits per heavy atom.